The zero-order chi connectivity index (χ0) is 20.1. The van der Waals surface area contributed by atoms with E-state index >= 15 is 0 Å². The van der Waals surface area contributed by atoms with Gasteiger partial charge in [-0.3, -0.25) is 4.79 Å². The highest BCUT2D eigenvalue weighted by molar-refractivity contribution is 5.95. The number of aromatic nitrogens is 2. The van der Waals surface area contributed by atoms with E-state index in [0.29, 0.717) is 5.56 Å². The van der Waals surface area contributed by atoms with Gasteiger partial charge in [-0.15, -0.1) is 0 Å². The monoisotopic (exact) mass is 384 g/mol. The molecule has 0 aliphatic rings. The molecule has 4 aromatic rings. The smallest absolute Gasteiger partial charge is 0.267 e. The van der Waals surface area contributed by atoms with Crippen LogP contribution in [0.15, 0.2) is 96.2 Å². The summed E-state index contributed by atoms with van der Waals surface area (Å²) < 4.78 is 15.5. The highest BCUT2D eigenvalue weighted by Crippen LogP contribution is 2.22. The summed E-state index contributed by atoms with van der Waals surface area (Å²) in [6.45, 7) is 0. The van der Waals surface area contributed by atoms with Crippen LogP contribution in [0.5, 0.6) is 0 Å². The summed E-state index contributed by atoms with van der Waals surface area (Å²) >= 11 is 0. The minimum absolute atomic E-state index is 0.0621. The van der Waals surface area contributed by atoms with Crippen LogP contribution in [-0.4, -0.2) is 21.9 Å². The van der Waals surface area contributed by atoms with E-state index in [9.17, 15) is 9.18 Å². The Bertz CT molecular complexity index is 1150. The molecule has 0 bridgehead atoms. The first-order chi connectivity index (χ1) is 14.2. The number of para-hydroxylation sites is 1. The molecule has 1 aromatic heterocycles. The molecule has 0 radical (unpaired) electrons. The number of carbonyl (C=O) groups is 1. The highest BCUT2D eigenvalue weighted by Gasteiger charge is 2.12. The Morgan fingerprint density at radius 1 is 0.931 bits per heavy atom. The van der Waals surface area contributed by atoms with Crippen LogP contribution in [0.3, 0.4) is 0 Å². The largest absolute Gasteiger partial charge is 0.274 e. The molecule has 0 fully saturated rings. The number of rotatable bonds is 5. The molecular weight excluding hydrogens is 367 g/mol. The van der Waals surface area contributed by atoms with Crippen molar-refractivity contribution in [2.75, 3.05) is 0 Å². The molecule has 0 unspecified atom stereocenters. The van der Waals surface area contributed by atoms with Gasteiger partial charge in [-0.25, -0.2) is 14.5 Å². The molecule has 0 spiro atoms. The SMILES string of the molecule is O=C(N/N=C/c1cn(-c2ccccc2)nc1-c1ccccc1)c1ccccc1F. The Balaban J connectivity index is 1.63. The van der Waals surface area contributed by atoms with Crippen molar-refractivity contribution in [1.82, 2.24) is 15.2 Å². The van der Waals surface area contributed by atoms with Crippen LogP contribution in [0.25, 0.3) is 16.9 Å². The lowest BCUT2D eigenvalue weighted by atomic mass is 10.1. The summed E-state index contributed by atoms with van der Waals surface area (Å²) in [5.74, 6) is -1.21. The number of nitrogens with one attached hydrogen (secondary N) is 1. The molecule has 0 atom stereocenters. The van der Waals surface area contributed by atoms with Gasteiger partial charge in [0.1, 0.15) is 11.5 Å². The summed E-state index contributed by atoms with van der Waals surface area (Å²) in [7, 11) is 0. The van der Waals surface area contributed by atoms with E-state index in [1.165, 1.54) is 24.4 Å². The van der Waals surface area contributed by atoms with Gasteiger partial charge in [-0.2, -0.15) is 10.2 Å². The number of benzene rings is 3. The van der Waals surface area contributed by atoms with E-state index in [1.54, 1.807) is 10.7 Å². The van der Waals surface area contributed by atoms with Crippen molar-refractivity contribution in [3.63, 3.8) is 0 Å². The third-order valence-electron chi connectivity index (χ3n) is 4.30. The molecule has 29 heavy (non-hydrogen) atoms. The van der Waals surface area contributed by atoms with Gasteiger partial charge in [0.15, 0.2) is 0 Å². The number of hydrazone groups is 1. The second kappa shape index (κ2) is 8.31. The van der Waals surface area contributed by atoms with Crippen molar-refractivity contribution in [3.8, 4) is 16.9 Å². The summed E-state index contributed by atoms with van der Waals surface area (Å²) in [6, 6.07) is 25.1. The van der Waals surface area contributed by atoms with Crippen LogP contribution in [0.1, 0.15) is 15.9 Å². The summed E-state index contributed by atoms with van der Waals surface area (Å²) in [5.41, 5.74) is 5.57. The number of halogens is 1. The average molecular weight is 384 g/mol. The normalized spacial score (nSPS) is 10.9. The van der Waals surface area contributed by atoms with Gasteiger partial charge in [0.2, 0.25) is 0 Å². The Morgan fingerprint density at radius 3 is 2.31 bits per heavy atom. The summed E-state index contributed by atoms with van der Waals surface area (Å²) in [5, 5.41) is 8.68. The molecule has 1 N–H and O–H groups in total. The topological polar surface area (TPSA) is 59.3 Å². The molecule has 6 heteroatoms. The lowest BCUT2D eigenvalue weighted by molar-refractivity contribution is 0.0951. The molecule has 142 valence electrons. The maximum atomic E-state index is 13.7. The van der Waals surface area contributed by atoms with Gasteiger partial charge in [0, 0.05) is 17.3 Å². The van der Waals surface area contributed by atoms with Crippen molar-refractivity contribution in [2.45, 2.75) is 0 Å². The molecule has 1 amide bonds. The first-order valence-corrected chi connectivity index (χ1v) is 9.01. The van der Waals surface area contributed by atoms with Crippen LogP contribution in [0.4, 0.5) is 4.39 Å². The number of hydrogen-bond acceptors (Lipinski definition) is 3. The average Bonchev–Trinajstić information content (AvgIpc) is 3.19. The fourth-order valence-electron chi connectivity index (χ4n) is 2.88. The lowest BCUT2D eigenvalue weighted by Crippen LogP contribution is -2.18. The van der Waals surface area contributed by atoms with Crippen molar-refractivity contribution in [3.05, 3.63) is 108 Å². The Kier molecular flexibility index (Phi) is 5.25. The Morgan fingerprint density at radius 2 is 1.59 bits per heavy atom. The fourth-order valence-corrected chi connectivity index (χ4v) is 2.88. The van der Waals surface area contributed by atoms with E-state index in [2.05, 4.69) is 15.6 Å². The van der Waals surface area contributed by atoms with Crippen molar-refractivity contribution in [1.29, 1.82) is 0 Å². The van der Waals surface area contributed by atoms with Gasteiger partial charge in [-0.1, -0.05) is 60.7 Å². The van der Waals surface area contributed by atoms with Gasteiger partial charge < -0.3 is 0 Å². The quantitative estimate of drug-likeness (QED) is 0.408. The van der Waals surface area contributed by atoms with Crippen molar-refractivity contribution < 1.29 is 9.18 Å². The predicted molar refractivity (Wildman–Crippen MR) is 110 cm³/mol. The summed E-state index contributed by atoms with van der Waals surface area (Å²) in [4.78, 5) is 12.2. The van der Waals surface area contributed by atoms with E-state index < -0.39 is 11.7 Å². The van der Waals surface area contributed by atoms with Crippen LogP contribution >= 0.6 is 0 Å². The molecule has 3 aromatic carbocycles. The lowest BCUT2D eigenvalue weighted by Gasteiger charge is -2.01. The zero-order valence-corrected chi connectivity index (χ0v) is 15.4. The van der Waals surface area contributed by atoms with Crippen molar-refractivity contribution in [2.24, 2.45) is 5.10 Å². The Hall–Kier alpha value is -4.06. The molecule has 4 rings (SSSR count). The van der Waals surface area contributed by atoms with Gasteiger partial charge in [-0.05, 0) is 24.3 Å². The second-order valence-corrected chi connectivity index (χ2v) is 6.26. The number of carbonyl (C=O) groups excluding carboxylic acids is 1. The molecule has 0 saturated heterocycles. The summed E-state index contributed by atoms with van der Waals surface area (Å²) in [6.07, 6.45) is 3.34. The minimum atomic E-state index is -0.615. The molecule has 0 aliphatic heterocycles. The number of amides is 1. The minimum Gasteiger partial charge on any atom is -0.267 e. The van der Waals surface area contributed by atoms with Crippen LogP contribution in [0.2, 0.25) is 0 Å². The van der Waals surface area contributed by atoms with E-state index in [0.717, 1.165) is 16.9 Å². The van der Waals surface area contributed by atoms with Gasteiger partial charge in [0.05, 0.1) is 17.5 Å². The van der Waals surface area contributed by atoms with Crippen LogP contribution < -0.4 is 5.43 Å². The molecule has 0 saturated carbocycles. The first-order valence-electron chi connectivity index (χ1n) is 9.01. The zero-order valence-electron chi connectivity index (χ0n) is 15.4. The predicted octanol–water partition coefficient (Wildman–Crippen LogP) is 4.44. The van der Waals surface area contributed by atoms with Gasteiger partial charge >= 0.3 is 0 Å². The van der Waals surface area contributed by atoms with E-state index in [-0.39, 0.29) is 5.56 Å². The van der Waals surface area contributed by atoms with Crippen LogP contribution in [0, 0.1) is 5.82 Å². The maximum Gasteiger partial charge on any atom is 0.274 e. The third-order valence-corrected chi connectivity index (χ3v) is 4.30. The highest BCUT2D eigenvalue weighted by atomic mass is 19.1. The molecule has 1 heterocycles. The molecule has 0 aliphatic carbocycles. The standard InChI is InChI=1S/C23H17FN4O/c24-21-14-8-7-13-20(21)23(29)26-25-15-18-16-28(19-11-5-2-6-12-19)27-22(18)17-9-3-1-4-10-17/h1-16H,(H,26,29)/b25-15+. The fraction of sp³-hybridized carbons (Fsp3) is 0. The molecule has 5 nitrogen and oxygen atoms in total. The maximum absolute atomic E-state index is 13.7. The third kappa shape index (κ3) is 4.11. The number of nitrogens with zero attached hydrogens (tertiary/aromatic N) is 3. The van der Waals surface area contributed by atoms with Gasteiger partial charge in [0.25, 0.3) is 5.91 Å². The first kappa shape index (κ1) is 18.3. The number of hydrogen-bond donors (Lipinski definition) is 1. The van der Waals surface area contributed by atoms with E-state index in [1.807, 2.05) is 66.9 Å². The van der Waals surface area contributed by atoms with E-state index in [4.69, 9.17) is 0 Å². The van der Waals surface area contributed by atoms with Crippen LogP contribution in [-0.2, 0) is 0 Å². The Labute approximate surface area is 167 Å². The molecular formula is C23H17FN4O. The van der Waals surface area contributed by atoms with Crippen molar-refractivity contribution >= 4 is 12.1 Å². The second-order valence-electron chi connectivity index (χ2n) is 6.26.